The van der Waals surface area contributed by atoms with E-state index >= 15 is 0 Å². The summed E-state index contributed by atoms with van der Waals surface area (Å²) in [5.41, 5.74) is 0. The predicted octanol–water partition coefficient (Wildman–Crippen LogP) is 3.17. The molecule has 1 atom stereocenters. The molecule has 27 heavy (non-hydrogen) atoms. The van der Waals surface area contributed by atoms with Gasteiger partial charge in [0.2, 0.25) is 10.0 Å². The third kappa shape index (κ3) is 7.32. The van der Waals surface area contributed by atoms with Gasteiger partial charge in [-0.3, -0.25) is 4.79 Å². The van der Waals surface area contributed by atoms with Crippen molar-refractivity contribution in [3.05, 3.63) is 48.0 Å². The third-order valence-electron chi connectivity index (χ3n) is 4.27. The molecule has 0 radical (unpaired) electrons. The number of carbonyl (C=O) groups is 1. The zero-order valence-electron chi connectivity index (χ0n) is 14.9. The van der Waals surface area contributed by atoms with Gasteiger partial charge in [0.15, 0.2) is 0 Å². The molecule has 148 valence electrons. The zero-order chi connectivity index (χ0) is 19.7. The van der Waals surface area contributed by atoms with Crippen molar-refractivity contribution >= 4 is 27.6 Å². The fourth-order valence-corrected chi connectivity index (χ4v) is 3.95. The van der Waals surface area contributed by atoms with E-state index in [1.807, 2.05) is 10.8 Å². The molecule has 0 aliphatic carbocycles. The van der Waals surface area contributed by atoms with Crippen LogP contribution in [0.1, 0.15) is 32.1 Å². The summed E-state index contributed by atoms with van der Waals surface area (Å²) in [5, 5.41) is 9.82. The number of aliphatic carboxylic acids is 1. The van der Waals surface area contributed by atoms with Crippen molar-refractivity contribution in [2.24, 2.45) is 5.92 Å². The number of carboxylic acid groups (broad SMARTS) is 1. The molecule has 2 N–H and O–H groups in total. The smallest absolute Gasteiger partial charge is 0.306 e. The number of imidazole rings is 1. The van der Waals surface area contributed by atoms with Gasteiger partial charge in [0.05, 0.1) is 17.1 Å². The van der Waals surface area contributed by atoms with Gasteiger partial charge in [-0.2, -0.15) is 0 Å². The van der Waals surface area contributed by atoms with Gasteiger partial charge in [0.1, 0.15) is 0 Å². The largest absolute Gasteiger partial charge is 0.481 e. The van der Waals surface area contributed by atoms with Crippen molar-refractivity contribution in [1.29, 1.82) is 0 Å². The number of nitrogens with one attached hydrogen (secondary N) is 1. The van der Waals surface area contributed by atoms with E-state index in [1.54, 1.807) is 12.5 Å². The Morgan fingerprint density at radius 2 is 1.89 bits per heavy atom. The zero-order valence-corrected chi connectivity index (χ0v) is 16.5. The molecule has 0 aliphatic heterocycles. The maximum atomic E-state index is 12.1. The number of benzene rings is 1. The van der Waals surface area contributed by atoms with Crippen LogP contribution in [0.15, 0.2) is 47.9 Å². The summed E-state index contributed by atoms with van der Waals surface area (Å²) in [4.78, 5) is 15.5. The number of hydrogen-bond acceptors (Lipinski definition) is 4. The van der Waals surface area contributed by atoms with Crippen LogP contribution < -0.4 is 4.72 Å². The monoisotopic (exact) mass is 413 g/mol. The molecule has 0 saturated carbocycles. The minimum Gasteiger partial charge on any atom is -0.481 e. The summed E-state index contributed by atoms with van der Waals surface area (Å²) < 4.78 is 28.7. The fraction of sp³-hybridized carbons (Fsp3) is 0.444. The molecule has 1 heterocycles. The van der Waals surface area contributed by atoms with Crippen LogP contribution in [-0.2, 0) is 21.4 Å². The Kier molecular flexibility index (Phi) is 8.27. The van der Waals surface area contributed by atoms with Gasteiger partial charge >= 0.3 is 5.97 Å². The van der Waals surface area contributed by atoms with Crippen molar-refractivity contribution in [3.8, 4) is 0 Å². The molecular weight excluding hydrogens is 390 g/mol. The number of aryl methyl sites for hydroxylation is 1. The highest BCUT2D eigenvalue weighted by Crippen LogP contribution is 2.17. The maximum Gasteiger partial charge on any atom is 0.306 e. The van der Waals surface area contributed by atoms with Crippen molar-refractivity contribution in [2.45, 2.75) is 43.5 Å². The molecule has 2 aromatic rings. The van der Waals surface area contributed by atoms with E-state index in [0.29, 0.717) is 30.7 Å². The van der Waals surface area contributed by atoms with Crippen LogP contribution >= 0.6 is 11.6 Å². The van der Waals surface area contributed by atoms with Crippen LogP contribution in [0.4, 0.5) is 0 Å². The van der Waals surface area contributed by atoms with E-state index in [2.05, 4.69) is 9.71 Å². The number of nitrogens with zero attached hydrogens (tertiary/aromatic N) is 2. The van der Waals surface area contributed by atoms with Crippen molar-refractivity contribution < 1.29 is 18.3 Å². The SMILES string of the molecule is O=C(O)C(CCCCNS(=O)(=O)c1ccc(Cl)cc1)CCCn1ccnc1. The Balaban J connectivity index is 1.68. The van der Waals surface area contributed by atoms with Gasteiger partial charge in [0.25, 0.3) is 0 Å². The molecule has 1 aromatic carbocycles. The topological polar surface area (TPSA) is 101 Å². The van der Waals surface area contributed by atoms with Crippen LogP contribution in [0.2, 0.25) is 5.02 Å². The molecule has 7 nitrogen and oxygen atoms in total. The Hall–Kier alpha value is -1.90. The first kappa shape index (κ1) is 21.4. The average Bonchev–Trinajstić information content (AvgIpc) is 3.13. The van der Waals surface area contributed by atoms with E-state index < -0.39 is 21.9 Å². The van der Waals surface area contributed by atoms with Crippen molar-refractivity contribution in [1.82, 2.24) is 14.3 Å². The van der Waals surface area contributed by atoms with Gasteiger partial charge < -0.3 is 9.67 Å². The summed E-state index contributed by atoms with van der Waals surface area (Å²) >= 11 is 5.76. The minimum absolute atomic E-state index is 0.162. The van der Waals surface area contributed by atoms with Gasteiger partial charge in [-0.05, 0) is 49.9 Å². The summed E-state index contributed by atoms with van der Waals surface area (Å²) in [7, 11) is -3.57. The van der Waals surface area contributed by atoms with Gasteiger partial charge in [-0.15, -0.1) is 0 Å². The molecular formula is C18H24ClN3O4S. The molecule has 0 aliphatic rings. The molecule has 0 spiro atoms. The minimum atomic E-state index is -3.57. The second-order valence-electron chi connectivity index (χ2n) is 6.33. The number of unbranched alkanes of at least 4 members (excludes halogenated alkanes) is 1. The van der Waals surface area contributed by atoms with E-state index in [1.165, 1.54) is 24.3 Å². The molecule has 1 aromatic heterocycles. The fourth-order valence-electron chi connectivity index (χ4n) is 2.75. The number of sulfonamides is 1. The van der Waals surface area contributed by atoms with Crippen LogP contribution in [0.5, 0.6) is 0 Å². The van der Waals surface area contributed by atoms with E-state index in [4.69, 9.17) is 11.6 Å². The molecule has 0 bridgehead atoms. The lowest BCUT2D eigenvalue weighted by atomic mass is 9.97. The number of halogens is 1. The van der Waals surface area contributed by atoms with Gasteiger partial charge in [0, 0.05) is 30.5 Å². The highest BCUT2D eigenvalue weighted by molar-refractivity contribution is 7.89. The summed E-state index contributed by atoms with van der Waals surface area (Å²) in [6.45, 7) is 1.01. The summed E-state index contributed by atoms with van der Waals surface area (Å²) in [6, 6.07) is 5.95. The lowest BCUT2D eigenvalue weighted by Gasteiger charge is -2.12. The van der Waals surface area contributed by atoms with E-state index in [0.717, 1.165) is 13.0 Å². The van der Waals surface area contributed by atoms with Gasteiger partial charge in [-0.1, -0.05) is 18.0 Å². The standard InChI is InChI=1S/C18H24ClN3O4S/c19-16-6-8-17(9-7-16)27(25,26)21-10-2-1-4-15(18(23)24)5-3-12-22-13-11-20-14-22/h6-9,11,13-15,21H,1-5,10,12H2,(H,23,24). The Morgan fingerprint density at radius 1 is 1.19 bits per heavy atom. The molecule has 1 unspecified atom stereocenters. The predicted molar refractivity (Wildman–Crippen MR) is 103 cm³/mol. The van der Waals surface area contributed by atoms with Crippen molar-refractivity contribution in [2.75, 3.05) is 6.54 Å². The Bertz CT molecular complexity index is 808. The normalized spacial score (nSPS) is 12.8. The highest BCUT2D eigenvalue weighted by atomic mass is 35.5. The first-order valence-electron chi connectivity index (χ1n) is 8.82. The third-order valence-corrected chi connectivity index (χ3v) is 6.00. The Labute approximate surface area is 164 Å². The number of aromatic nitrogens is 2. The van der Waals surface area contributed by atoms with Crippen LogP contribution in [0.3, 0.4) is 0 Å². The second-order valence-corrected chi connectivity index (χ2v) is 8.53. The van der Waals surface area contributed by atoms with Crippen LogP contribution in [0, 0.1) is 5.92 Å². The summed E-state index contributed by atoms with van der Waals surface area (Å²) in [5.74, 6) is -1.22. The molecule has 0 amide bonds. The summed E-state index contributed by atoms with van der Waals surface area (Å²) in [6.07, 6.45) is 8.36. The molecule has 2 rings (SSSR count). The van der Waals surface area contributed by atoms with Gasteiger partial charge in [-0.25, -0.2) is 18.1 Å². The number of hydrogen-bond donors (Lipinski definition) is 2. The maximum absolute atomic E-state index is 12.1. The Morgan fingerprint density at radius 3 is 2.52 bits per heavy atom. The first-order valence-corrected chi connectivity index (χ1v) is 10.7. The van der Waals surface area contributed by atoms with Crippen molar-refractivity contribution in [3.63, 3.8) is 0 Å². The lowest BCUT2D eigenvalue weighted by Crippen LogP contribution is -2.25. The van der Waals surface area contributed by atoms with Crippen LogP contribution in [0.25, 0.3) is 0 Å². The average molecular weight is 414 g/mol. The number of rotatable bonds is 12. The quantitative estimate of drug-likeness (QED) is 0.520. The van der Waals surface area contributed by atoms with Crippen LogP contribution in [-0.4, -0.2) is 35.6 Å². The number of carboxylic acids is 1. The highest BCUT2D eigenvalue weighted by Gasteiger charge is 2.17. The lowest BCUT2D eigenvalue weighted by molar-refractivity contribution is -0.142. The molecule has 9 heteroatoms. The molecule has 0 fully saturated rings. The van der Waals surface area contributed by atoms with E-state index in [-0.39, 0.29) is 11.4 Å². The first-order chi connectivity index (χ1) is 12.9. The second kappa shape index (κ2) is 10.4. The molecule has 0 saturated heterocycles. The van der Waals surface area contributed by atoms with E-state index in [9.17, 15) is 18.3 Å².